The molecule has 3 rings (SSSR count). The fourth-order valence-electron chi connectivity index (χ4n) is 2.61. The van der Waals surface area contributed by atoms with Crippen molar-refractivity contribution in [2.45, 2.75) is 25.1 Å². The van der Waals surface area contributed by atoms with E-state index in [2.05, 4.69) is 31.4 Å². The van der Waals surface area contributed by atoms with Gasteiger partial charge in [0.25, 0.3) is 0 Å². The number of thioether (sulfide) groups is 1. The number of aryl methyl sites for hydroxylation is 1. The maximum absolute atomic E-state index is 12.2. The van der Waals surface area contributed by atoms with Crippen molar-refractivity contribution in [3.05, 3.63) is 64.4 Å². The SMILES string of the molecule is Cc1cc(NC(=O)CSc2nnc([C@@H](C)Oc3ccccc3)n2C)ccc1Br. The first-order chi connectivity index (χ1) is 13.4. The Labute approximate surface area is 176 Å². The second-order valence-electron chi connectivity index (χ2n) is 6.27. The van der Waals surface area contributed by atoms with Gasteiger partial charge in [0, 0.05) is 17.2 Å². The molecule has 1 amide bonds. The Balaban J connectivity index is 1.57. The van der Waals surface area contributed by atoms with Crippen LogP contribution >= 0.6 is 27.7 Å². The summed E-state index contributed by atoms with van der Waals surface area (Å²) in [6.45, 7) is 3.91. The lowest BCUT2D eigenvalue weighted by molar-refractivity contribution is -0.113. The Hall–Kier alpha value is -2.32. The van der Waals surface area contributed by atoms with Crippen LogP contribution in [0.15, 0.2) is 58.2 Å². The van der Waals surface area contributed by atoms with Gasteiger partial charge >= 0.3 is 0 Å². The van der Waals surface area contributed by atoms with Crippen molar-refractivity contribution in [2.24, 2.45) is 7.05 Å². The highest BCUT2D eigenvalue weighted by molar-refractivity contribution is 9.10. The van der Waals surface area contributed by atoms with Gasteiger partial charge in [-0.15, -0.1) is 10.2 Å². The van der Waals surface area contributed by atoms with Gasteiger partial charge in [0.1, 0.15) is 5.75 Å². The van der Waals surface area contributed by atoms with Crippen molar-refractivity contribution in [3.8, 4) is 5.75 Å². The van der Waals surface area contributed by atoms with Crippen LogP contribution < -0.4 is 10.1 Å². The first kappa shape index (κ1) is 20.4. The molecule has 1 atom stereocenters. The van der Waals surface area contributed by atoms with Crippen molar-refractivity contribution >= 4 is 39.3 Å². The summed E-state index contributed by atoms with van der Waals surface area (Å²) in [5.74, 6) is 1.63. The number of anilines is 1. The summed E-state index contributed by atoms with van der Waals surface area (Å²) in [4.78, 5) is 12.2. The van der Waals surface area contributed by atoms with Gasteiger partial charge in [-0.1, -0.05) is 45.9 Å². The second kappa shape index (κ2) is 9.25. The topological polar surface area (TPSA) is 69.0 Å². The molecule has 0 aliphatic carbocycles. The third-order valence-electron chi connectivity index (χ3n) is 4.06. The van der Waals surface area contributed by atoms with Crippen molar-refractivity contribution in [3.63, 3.8) is 0 Å². The first-order valence-corrected chi connectivity index (χ1v) is 10.5. The normalized spacial score (nSPS) is 11.9. The van der Waals surface area contributed by atoms with Gasteiger partial charge < -0.3 is 14.6 Å². The van der Waals surface area contributed by atoms with Crippen molar-refractivity contribution in [2.75, 3.05) is 11.1 Å². The number of aromatic nitrogens is 3. The zero-order chi connectivity index (χ0) is 20.1. The number of amides is 1. The highest BCUT2D eigenvalue weighted by Crippen LogP contribution is 2.24. The van der Waals surface area contributed by atoms with E-state index in [0.717, 1.165) is 21.5 Å². The maximum atomic E-state index is 12.2. The quantitative estimate of drug-likeness (QED) is 0.514. The van der Waals surface area contributed by atoms with E-state index in [0.29, 0.717) is 11.0 Å². The molecule has 28 heavy (non-hydrogen) atoms. The molecule has 6 nitrogen and oxygen atoms in total. The van der Waals surface area contributed by atoms with Gasteiger partial charge in [-0.25, -0.2) is 0 Å². The zero-order valence-corrected chi connectivity index (χ0v) is 18.3. The predicted molar refractivity (Wildman–Crippen MR) is 115 cm³/mol. The highest BCUT2D eigenvalue weighted by atomic mass is 79.9. The predicted octanol–water partition coefficient (Wildman–Crippen LogP) is 4.76. The van der Waals surface area contributed by atoms with Gasteiger partial charge in [0.2, 0.25) is 5.91 Å². The summed E-state index contributed by atoms with van der Waals surface area (Å²) < 4.78 is 8.77. The molecule has 1 heterocycles. The standard InChI is InChI=1S/C20H21BrN4O2S/c1-13-11-15(9-10-17(13)21)22-18(26)12-28-20-24-23-19(25(20)3)14(2)27-16-7-5-4-6-8-16/h4-11,14H,12H2,1-3H3,(H,22,26)/t14-/m1/s1. The molecule has 0 aliphatic heterocycles. The number of carbonyl (C=O) groups excluding carboxylic acids is 1. The fraction of sp³-hybridized carbons (Fsp3) is 0.250. The lowest BCUT2D eigenvalue weighted by Crippen LogP contribution is -2.15. The third kappa shape index (κ3) is 5.14. The largest absolute Gasteiger partial charge is 0.483 e. The number of benzene rings is 2. The van der Waals surface area contributed by atoms with E-state index in [4.69, 9.17) is 4.74 Å². The molecule has 2 aromatic carbocycles. The molecule has 8 heteroatoms. The zero-order valence-electron chi connectivity index (χ0n) is 15.8. The van der Waals surface area contributed by atoms with Gasteiger partial charge in [0.15, 0.2) is 17.1 Å². The van der Waals surface area contributed by atoms with E-state index in [-0.39, 0.29) is 17.8 Å². The third-order valence-corrected chi connectivity index (χ3v) is 5.97. The van der Waals surface area contributed by atoms with E-state index >= 15 is 0 Å². The number of hydrogen-bond donors (Lipinski definition) is 1. The summed E-state index contributed by atoms with van der Waals surface area (Å²) in [7, 11) is 1.87. The van der Waals surface area contributed by atoms with Crippen molar-refractivity contribution in [1.29, 1.82) is 0 Å². The molecule has 0 fully saturated rings. The minimum absolute atomic E-state index is 0.0927. The molecule has 1 aromatic heterocycles. The average molecular weight is 461 g/mol. The van der Waals surface area contributed by atoms with Crippen LogP contribution in [0.3, 0.4) is 0 Å². The van der Waals surface area contributed by atoms with Crippen LogP contribution in [0.5, 0.6) is 5.75 Å². The second-order valence-corrected chi connectivity index (χ2v) is 8.07. The molecule has 0 spiro atoms. The van der Waals surface area contributed by atoms with E-state index in [1.54, 1.807) is 0 Å². The molecular formula is C20H21BrN4O2S. The lowest BCUT2D eigenvalue weighted by Gasteiger charge is -2.14. The Bertz CT molecular complexity index is 962. The van der Waals surface area contributed by atoms with E-state index in [9.17, 15) is 4.79 Å². The molecule has 0 bridgehead atoms. The molecule has 146 valence electrons. The van der Waals surface area contributed by atoms with Gasteiger partial charge in [-0.3, -0.25) is 4.79 Å². The van der Waals surface area contributed by atoms with Crippen LogP contribution in [0.1, 0.15) is 24.4 Å². The van der Waals surface area contributed by atoms with Crippen LogP contribution in [-0.2, 0) is 11.8 Å². The van der Waals surface area contributed by atoms with Gasteiger partial charge in [0.05, 0.1) is 5.75 Å². The summed E-state index contributed by atoms with van der Waals surface area (Å²) in [6.07, 6.45) is -0.256. The molecule has 0 saturated heterocycles. The monoisotopic (exact) mass is 460 g/mol. The molecule has 0 radical (unpaired) electrons. The van der Waals surface area contributed by atoms with Crippen molar-refractivity contribution < 1.29 is 9.53 Å². The Kier molecular flexibility index (Phi) is 6.74. The number of carbonyl (C=O) groups is 1. The number of nitrogens with one attached hydrogen (secondary N) is 1. The van der Waals surface area contributed by atoms with Gasteiger partial charge in [-0.05, 0) is 49.7 Å². The van der Waals surface area contributed by atoms with Crippen LogP contribution in [0.2, 0.25) is 0 Å². The lowest BCUT2D eigenvalue weighted by atomic mass is 10.2. The van der Waals surface area contributed by atoms with E-state index < -0.39 is 0 Å². The molecule has 0 aliphatic rings. The average Bonchev–Trinajstić information content (AvgIpc) is 3.04. The molecule has 1 N–H and O–H groups in total. The first-order valence-electron chi connectivity index (χ1n) is 8.74. The van der Waals surface area contributed by atoms with E-state index in [1.807, 2.05) is 74.0 Å². The Morgan fingerprint density at radius 3 is 2.71 bits per heavy atom. The number of para-hydroxylation sites is 1. The molecular weight excluding hydrogens is 440 g/mol. The number of nitrogens with zero attached hydrogens (tertiary/aromatic N) is 3. The van der Waals surface area contributed by atoms with Crippen LogP contribution in [0.4, 0.5) is 5.69 Å². The minimum Gasteiger partial charge on any atom is -0.483 e. The molecule has 0 unspecified atom stereocenters. The smallest absolute Gasteiger partial charge is 0.234 e. The van der Waals surface area contributed by atoms with Crippen LogP contribution in [-0.4, -0.2) is 26.4 Å². The summed E-state index contributed by atoms with van der Waals surface area (Å²) >= 11 is 4.79. The summed E-state index contributed by atoms with van der Waals surface area (Å²) in [6, 6.07) is 15.3. The number of halogens is 1. The van der Waals surface area contributed by atoms with E-state index in [1.165, 1.54) is 11.8 Å². The van der Waals surface area contributed by atoms with Gasteiger partial charge in [-0.2, -0.15) is 0 Å². The fourth-order valence-corrected chi connectivity index (χ4v) is 3.58. The molecule has 0 saturated carbocycles. The summed E-state index contributed by atoms with van der Waals surface area (Å²) in [5, 5.41) is 12.0. The van der Waals surface area contributed by atoms with Crippen LogP contribution in [0.25, 0.3) is 0 Å². The maximum Gasteiger partial charge on any atom is 0.234 e. The Morgan fingerprint density at radius 1 is 1.25 bits per heavy atom. The molecule has 3 aromatic rings. The van der Waals surface area contributed by atoms with Crippen LogP contribution in [0, 0.1) is 6.92 Å². The number of ether oxygens (including phenoxy) is 1. The number of hydrogen-bond acceptors (Lipinski definition) is 5. The summed E-state index contributed by atoms with van der Waals surface area (Å²) in [5.41, 5.74) is 1.84. The van der Waals surface area contributed by atoms with Crippen molar-refractivity contribution in [1.82, 2.24) is 14.8 Å². The highest BCUT2D eigenvalue weighted by Gasteiger charge is 2.18. The minimum atomic E-state index is -0.256. The number of rotatable bonds is 7. The Morgan fingerprint density at radius 2 is 2.00 bits per heavy atom.